The van der Waals surface area contributed by atoms with Crippen LogP contribution >= 0.6 is 11.6 Å². The van der Waals surface area contributed by atoms with Gasteiger partial charge in [0.25, 0.3) is 5.91 Å². The summed E-state index contributed by atoms with van der Waals surface area (Å²) in [5, 5.41) is 0.385. The van der Waals surface area contributed by atoms with E-state index in [-0.39, 0.29) is 17.5 Å². The zero-order valence-electron chi connectivity index (χ0n) is 11.5. The maximum Gasteiger partial charge on any atom is 0.257 e. The molecule has 1 heterocycles. The molecule has 1 aliphatic heterocycles. The Morgan fingerprint density at radius 2 is 2.05 bits per heavy atom. The van der Waals surface area contributed by atoms with Gasteiger partial charge in [0.15, 0.2) is 0 Å². The molecule has 0 spiro atoms. The van der Waals surface area contributed by atoms with Gasteiger partial charge in [-0.1, -0.05) is 25.4 Å². The third-order valence-electron chi connectivity index (χ3n) is 4.02. The predicted molar refractivity (Wildman–Crippen MR) is 74.9 cm³/mol. The van der Waals surface area contributed by atoms with Gasteiger partial charge >= 0.3 is 0 Å². The van der Waals surface area contributed by atoms with Crippen LogP contribution < -0.4 is 0 Å². The minimum atomic E-state index is -0.507. The zero-order chi connectivity index (χ0) is 14.2. The molecule has 0 aromatic heterocycles. The minimum absolute atomic E-state index is 0.0700. The molecule has 1 fully saturated rings. The Balaban J connectivity index is 2.30. The summed E-state index contributed by atoms with van der Waals surface area (Å²) in [4.78, 5) is 14.3. The Kier molecular flexibility index (Phi) is 4.14. The molecule has 3 unspecified atom stereocenters. The van der Waals surface area contributed by atoms with E-state index < -0.39 is 5.82 Å². The lowest BCUT2D eigenvalue weighted by molar-refractivity contribution is 0.0451. The average molecular weight is 284 g/mol. The molecular formula is C15H19ClFNO. The van der Waals surface area contributed by atoms with Crippen LogP contribution in [-0.2, 0) is 0 Å². The van der Waals surface area contributed by atoms with Crippen molar-refractivity contribution in [3.8, 4) is 0 Å². The molecule has 1 aromatic rings. The van der Waals surface area contributed by atoms with E-state index in [0.29, 0.717) is 23.4 Å². The average Bonchev–Trinajstić information content (AvgIpc) is 2.36. The van der Waals surface area contributed by atoms with Crippen LogP contribution in [0.4, 0.5) is 4.39 Å². The van der Waals surface area contributed by atoms with E-state index in [1.807, 2.05) is 6.92 Å². The number of carbonyl (C=O) groups excluding carboxylic acids is 1. The summed E-state index contributed by atoms with van der Waals surface area (Å²) in [5.74, 6) is 0.103. The quantitative estimate of drug-likeness (QED) is 0.763. The lowest BCUT2D eigenvalue weighted by Gasteiger charge is -2.41. The van der Waals surface area contributed by atoms with Gasteiger partial charge in [-0.3, -0.25) is 4.79 Å². The molecular weight excluding hydrogens is 265 g/mol. The topological polar surface area (TPSA) is 20.3 Å². The zero-order valence-corrected chi connectivity index (χ0v) is 12.2. The molecule has 0 N–H and O–H groups in total. The lowest BCUT2D eigenvalue weighted by Crippen LogP contribution is -2.49. The highest BCUT2D eigenvalue weighted by molar-refractivity contribution is 6.31. The summed E-state index contributed by atoms with van der Waals surface area (Å²) < 4.78 is 13.8. The summed E-state index contributed by atoms with van der Waals surface area (Å²) in [6, 6.07) is 4.24. The number of amides is 1. The molecule has 1 aromatic carbocycles. The van der Waals surface area contributed by atoms with Crippen LogP contribution in [0.5, 0.6) is 0 Å². The number of hydrogen-bond acceptors (Lipinski definition) is 1. The number of halogens is 2. The van der Waals surface area contributed by atoms with Gasteiger partial charge in [0.05, 0.1) is 5.56 Å². The molecule has 1 saturated heterocycles. The molecule has 0 aliphatic carbocycles. The molecule has 3 atom stereocenters. The number of rotatable bonds is 1. The molecule has 1 aliphatic rings. The van der Waals surface area contributed by atoms with Crippen molar-refractivity contribution in [2.75, 3.05) is 6.54 Å². The van der Waals surface area contributed by atoms with E-state index in [1.54, 1.807) is 4.90 Å². The predicted octanol–water partition coefficient (Wildman–Crippen LogP) is 3.99. The Hall–Kier alpha value is -1.09. The molecule has 2 rings (SSSR count). The summed E-state index contributed by atoms with van der Waals surface area (Å²) >= 11 is 5.86. The number of hydrogen-bond donors (Lipinski definition) is 0. The van der Waals surface area contributed by atoms with E-state index in [1.165, 1.54) is 18.2 Å². The second kappa shape index (κ2) is 5.49. The molecule has 104 valence electrons. The van der Waals surface area contributed by atoms with E-state index in [9.17, 15) is 9.18 Å². The Morgan fingerprint density at radius 3 is 2.74 bits per heavy atom. The van der Waals surface area contributed by atoms with Gasteiger partial charge in [0.1, 0.15) is 5.82 Å². The van der Waals surface area contributed by atoms with Gasteiger partial charge in [-0.25, -0.2) is 4.39 Å². The van der Waals surface area contributed by atoms with Crippen LogP contribution in [0, 0.1) is 17.7 Å². The molecule has 0 saturated carbocycles. The molecule has 4 heteroatoms. The third kappa shape index (κ3) is 2.92. The molecule has 19 heavy (non-hydrogen) atoms. The highest BCUT2D eigenvalue weighted by Crippen LogP contribution is 2.29. The van der Waals surface area contributed by atoms with Gasteiger partial charge < -0.3 is 4.90 Å². The third-order valence-corrected chi connectivity index (χ3v) is 4.25. The van der Waals surface area contributed by atoms with E-state index in [2.05, 4.69) is 13.8 Å². The highest BCUT2D eigenvalue weighted by Gasteiger charge is 2.33. The maximum absolute atomic E-state index is 13.8. The van der Waals surface area contributed by atoms with Crippen LogP contribution in [0.1, 0.15) is 37.6 Å². The molecule has 0 radical (unpaired) electrons. The minimum Gasteiger partial charge on any atom is -0.335 e. The summed E-state index contributed by atoms with van der Waals surface area (Å²) in [5.41, 5.74) is 0.0700. The Morgan fingerprint density at radius 1 is 1.37 bits per heavy atom. The summed E-state index contributed by atoms with van der Waals surface area (Å²) in [7, 11) is 0. The van der Waals surface area contributed by atoms with Gasteiger partial charge in [-0.15, -0.1) is 0 Å². The summed E-state index contributed by atoms with van der Waals surface area (Å²) in [6.45, 7) is 6.96. The first kappa shape index (κ1) is 14.3. The Labute approximate surface area is 118 Å². The summed E-state index contributed by atoms with van der Waals surface area (Å²) in [6.07, 6.45) is 1.10. The first-order valence-corrected chi connectivity index (χ1v) is 7.04. The second-order valence-electron chi connectivity index (χ2n) is 5.64. The second-order valence-corrected chi connectivity index (χ2v) is 6.08. The van der Waals surface area contributed by atoms with E-state index in [4.69, 9.17) is 11.6 Å². The van der Waals surface area contributed by atoms with Gasteiger partial charge in [-0.05, 0) is 43.4 Å². The van der Waals surface area contributed by atoms with Crippen molar-refractivity contribution < 1.29 is 9.18 Å². The largest absolute Gasteiger partial charge is 0.335 e. The fourth-order valence-corrected chi connectivity index (χ4v) is 2.97. The fraction of sp³-hybridized carbons (Fsp3) is 0.533. The normalized spacial score (nSPS) is 27.4. The van der Waals surface area contributed by atoms with Crippen molar-refractivity contribution in [2.24, 2.45) is 11.8 Å². The molecule has 0 bridgehead atoms. The number of carbonyl (C=O) groups is 1. The van der Waals surface area contributed by atoms with Gasteiger partial charge in [0.2, 0.25) is 0 Å². The first-order valence-electron chi connectivity index (χ1n) is 6.66. The van der Waals surface area contributed by atoms with Gasteiger partial charge in [-0.2, -0.15) is 0 Å². The van der Waals surface area contributed by atoms with Gasteiger partial charge in [0, 0.05) is 17.6 Å². The van der Waals surface area contributed by atoms with Crippen molar-refractivity contribution in [2.45, 2.75) is 33.2 Å². The van der Waals surface area contributed by atoms with Crippen LogP contribution in [0.3, 0.4) is 0 Å². The monoisotopic (exact) mass is 283 g/mol. The van der Waals surface area contributed by atoms with Crippen molar-refractivity contribution >= 4 is 17.5 Å². The smallest absolute Gasteiger partial charge is 0.257 e. The number of piperidine rings is 1. The van der Waals surface area contributed by atoms with Crippen molar-refractivity contribution in [3.63, 3.8) is 0 Å². The first-order chi connectivity index (χ1) is 8.90. The van der Waals surface area contributed by atoms with Crippen molar-refractivity contribution in [3.05, 3.63) is 34.6 Å². The van der Waals surface area contributed by atoms with Crippen molar-refractivity contribution in [1.82, 2.24) is 4.90 Å². The molecule has 2 nitrogen and oxygen atoms in total. The van der Waals surface area contributed by atoms with Crippen LogP contribution in [0.25, 0.3) is 0 Å². The molecule has 1 amide bonds. The van der Waals surface area contributed by atoms with E-state index >= 15 is 0 Å². The van der Waals surface area contributed by atoms with Crippen molar-refractivity contribution in [1.29, 1.82) is 0 Å². The maximum atomic E-state index is 13.8. The number of benzene rings is 1. The highest BCUT2D eigenvalue weighted by atomic mass is 35.5. The number of nitrogens with zero attached hydrogens (tertiary/aromatic N) is 1. The fourth-order valence-electron chi connectivity index (χ4n) is 2.80. The Bertz CT molecular complexity index is 491. The van der Waals surface area contributed by atoms with Crippen LogP contribution in [-0.4, -0.2) is 23.4 Å². The number of likely N-dealkylation sites (tertiary alicyclic amines) is 1. The van der Waals surface area contributed by atoms with Crippen LogP contribution in [0.2, 0.25) is 5.02 Å². The lowest BCUT2D eigenvalue weighted by atomic mass is 9.85. The standard InChI is InChI=1S/C15H19ClFNO/c1-9-6-10(2)11(3)18(8-9)15(19)13-7-12(16)4-5-14(13)17/h4-5,7,9-11H,6,8H2,1-3H3. The SMILES string of the molecule is CC1CC(C)C(C)N(C(=O)c2cc(Cl)ccc2F)C1. The van der Waals surface area contributed by atoms with E-state index in [0.717, 1.165) is 6.42 Å². The van der Waals surface area contributed by atoms with Crippen LogP contribution in [0.15, 0.2) is 18.2 Å².